The van der Waals surface area contributed by atoms with E-state index in [1.807, 2.05) is 70.8 Å². The highest BCUT2D eigenvalue weighted by atomic mass is 16.6. The van der Waals surface area contributed by atoms with Gasteiger partial charge in [0.15, 0.2) is 0 Å². The van der Waals surface area contributed by atoms with Crippen LogP contribution in [0, 0.1) is 5.92 Å². The third kappa shape index (κ3) is 4.08. The maximum Gasteiger partial charge on any atom is 0.329 e. The van der Waals surface area contributed by atoms with Crippen molar-refractivity contribution in [2.24, 2.45) is 5.92 Å². The van der Waals surface area contributed by atoms with E-state index in [0.717, 1.165) is 11.3 Å². The molecular formula is C19H28N2O3. The van der Waals surface area contributed by atoms with E-state index >= 15 is 0 Å². The molecular weight excluding hydrogens is 304 g/mol. The second-order valence-corrected chi connectivity index (χ2v) is 7.73. The number of nitrogens with zero attached hydrogens (tertiary/aromatic N) is 1. The molecule has 5 heteroatoms. The lowest BCUT2D eigenvalue weighted by Gasteiger charge is -2.37. The zero-order valence-corrected chi connectivity index (χ0v) is 15.4. The summed E-state index contributed by atoms with van der Waals surface area (Å²) in [6.45, 7) is 9.50. The monoisotopic (exact) mass is 332 g/mol. The molecule has 0 aliphatic carbocycles. The van der Waals surface area contributed by atoms with Crippen LogP contribution in [0.1, 0.15) is 40.2 Å². The predicted octanol–water partition coefficient (Wildman–Crippen LogP) is 2.53. The molecule has 2 rings (SSSR count). The first-order valence-electron chi connectivity index (χ1n) is 8.44. The molecule has 1 aromatic carbocycles. The summed E-state index contributed by atoms with van der Waals surface area (Å²) >= 11 is 0. The smallest absolute Gasteiger partial charge is 0.329 e. The number of ether oxygens (including phenoxy) is 1. The summed E-state index contributed by atoms with van der Waals surface area (Å²) in [4.78, 5) is 27.3. The van der Waals surface area contributed by atoms with Crippen molar-refractivity contribution in [2.45, 2.75) is 58.7 Å². The van der Waals surface area contributed by atoms with E-state index in [1.165, 1.54) is 0 Å². The van der Waals surface area contributed by atoms with Crippen LogP contribution in [0.4, 0.5) is 5.69 Å². The number of para-hydroxylation sites is 1. The topological polar surface area (TPSA) is 58.6 Å². The van der Waals surface area contributed by atoms with Gasteiger partial charge in [-0.2, -0.15) is 0 Å². The number of rotatable bonds is 2. The molecule has 5 nitrogen and oxygen atoms in total. The molecule has 24 heavy (non-hydrogen) atoms. The summed E-state index contributed by atoms with van der Waals surface area (Å²) in [6, 6.07) is 6.89. The van der Waals surface area contributed by atoms with E-state index < -0.39 is 17.6 Å². The average Bonchev–Trinajstić information content (AvgIpc) is 2.43. The number of hydrogen-bond acceptors (Lipinski definition) is 4. The maximum absolute atomic E-state index is 12.7. The molecule has 2 atom stereocenters. The SMILES string of the molecule is CC(C)[C@H]1C(=O)N[C@H](C(=O)OC(C)(C)C)Cc2ccccc2N1C. The molecule has 0 unspecified atom stereocenters. The van der Waals surface area contributed by atoms with E-state index in [4.69, 9.17) is 4.74 Å². The first kappa shape index (κ1) is 18.3. The predicted molar refractivity (Wildman–Crippen MR) is 95.0 cm³/mol. The Bertz CT molecular complexity index is 619. The summed E-state index contributed by atoms with van der Waals surface area (Å²) in [6.07, 6.45) is 0.423. The summed E-state index contributed by atoms with van der Waals surface area (Å²) in [7, 11) is 1.93. The number of benzene rings is 1. The number of esters is 1. The standard InChI is InChI=1S/C19H28N2O3/c1-12(2)16-17(22)20-14(18(23)24-19(3,4)5)11-13-9-7-8-10-15(13)21(16)6/h7-10,12,14,16H,11H2,1-6H3,(H,20,22)/t14-,16-/m0/s1. The second-order valence-electron chi connectivity index (χ2n) is 7.73. The first-order valence-corrected chi connectivity index (χ1v) is 8.44. The first-order chi connectivity index (χ1) is 11.1. The van der Waals surface area contributed by atoms with Crippen molar-refractivity contribution in [3.05, 3.63) is 29.8 Å². The zero-order chi connectivity index (χ0) is 18.1. The molecule has 1 aliphatic rings. The Morgan fingerprint density at radius 3 is 2.50 bits per heavy atom. The normalized spacial score (nSPS) is 21.6. The van der Waals surface area contributed by atoms with Gasteiger partial charge in [-0.1, -0.05) is 32.0 Å². The Morgan fingerprint density at radius 1 is 1.29 bits per heavy atom. The van der Waals surface area contributed by atoms with Crippen LogP contribution in [0.5, 0.6) is 0 Å². The Hall–Kier alpha value is -2.04. The van der Waals surface area contributed by atoms with Crippen LogP contribution in [-0.2, 0) is 20.7 Å². The van der Waals surface area contributed by atoms with E-state index in [0.29, 0.717) is 6.42 Å². The number of nitrogens with one attached hydrogen (secondary N) is 1. The van der Waals surface area contributed by atoms with Crippen molar-refractivity contribution in [1.82, 2.24) is 5.32 Å². The summed E-state index contributed by atoms with van der Waals surface area (Å²) in [5.41, 5.74) is 1.43. The molecule has 0 radical (unpaired) electrons. The minimum atomic E-state index is -0.673. The summed E-state index contributed by atoms with van der Waals surface area (Å²) < 4.78 is 5.49. The number of fused-ring (bicyclic) bond motifs is 1. The number of anilines is 1. The highest BCUT2D eigenvalue weighted by Gasteiger charge is 2.35. The molecule has 1 aliphatic heterocycles. The van der Waals surface area contributed by atoms with Crippen LogP contribution in [0.2, 0.25) is 0 Å². The van der Waals surface area contributed by atoms with Gasteiger partial charge in [-0.25, -0.2) is 4.79 Å². The van der Waals surface area contributed by atoms with Crippen molar-refractivity contribution in [1.29, 1.82) is 0 Å². The van der Waals surface area contributed by atoms with Crippen LogP contribution in [0.15, 0.2) is 24.3 Å². The van der Waals surface area contributed by atoms with E-state index in [2.05, 4.69) is 5.32 Å². The van der Waals surface area contributed by atoms with Crippen LogP contribution in [0.25, 0.3) is 0 Å². The van der Waals surface area contributed by atoms with Gasteiger partial charge < -0.3 is 15.0 Å². The number of likely N-dealkylation sites (N-methyl/N-ethyl adjacent to an activating group) is 1. The Balaban J connectivity index is 2.40. The van der Waals surface area contributed by atoms with E-state index in [1.54, 1.807) is 0 Å². The molecule has 132 valence electrons. The van der Waals surface area contributed by atoms with E-state index in [-0.39, 0.29) is 17.9 Å². The summed E-state index contributed by atoms with van der Waals surface area (Å²) in [5.74, 6) is -0.420. The fourth-order valence-corrected chi connectivity index (χ4v) is 3.15. The number of carbonyl (C=O) groups is 2. The minimum Gasteiger partial charge on any atom is -0.458 e. The largest absolute Gasteiger partial charge is 0.458 e. The van der Waals surface area contributed by atoms with Gasteiger partial charge >= 0.3 is 5.97 Å². The van der Waals surface area contributed by atoms with Crippen molar-refractivity contribution in [3.63, 3.8) is 0 Å². The Kier molecular flexibility index (Phi) is 5.21. The zero-order valence-electron chi connectivity index (χ0n) is 15.4. The lowest BCUT2D eigenvalue weighted by molar-refractivity contribution is -0.158. The van der Waals surface area contributed by atoms with Gasteiger partial charge in [-0.15, -0.1) is 0 Å². The molecule has 1 aromatic rings. The van der Waals surface area contributed by atoms with E-state index in [9.17, 15) is 9.59 Å². The van der Waals surface area contributed by atoms with Gasteiger partial charge in [0.25, 0.3) is 0 Å². The minimum absolute atomic E-state index is 0.112. The third-order valence-electron chi connectivity index (χ3n) is 4.12. The molecule has 0 fully saturated rings. The number of amides is 1. The van der Waals surface area contributed by atoms with Crippen molar-refractivity contribution >= 4 is 17.6 Å². The Labute approximate surface area is 144 Å². The molecule has 0 aromatic heterocycles. The fraction of sp³-hybridized carbons (Fsp3) is 0.579. The molecule has 1 heterocycles. The average molecular weight is 332 g/mol. The molecule has 1 amide bonds. The molecule has 0 spiro atoms. The molecule has 0 saturated carbocycles. The second kappa shape index (κ2) is 6.83. The van der Waals surface area contributed by atoms with Crippen LogP contribution >= 0.6 is 0 Å². The lowest BCUT2D eigenvalue weighted by Crippen LogP contribution is -2.56. The highest BCUT2D eigenvalue weighted by molar-refractivity contribution is 5.91. The van der Waals surface area contributed by atoms with Gasteiger partial charge in [0, 0.05) is 19.2 Å². The number of carbonyl (C=O) groups excluding carboxylic acids is 2. The fourth-order valence-electron chi connectivity index (χ4n) is 3.15. The molecule has 0 bridgehead atoms. The summed E-state index contributed by atoms with van der Waals surface area (Å²) in [5, 5.41) is 2.89. The lowest BCUT2D eigenvalue weighted by atomic mass is 9.95. The molecule has 1 N–H and O–H groups in total. The third-order valence-corrected chi connectivity index (χ3v) is 4.12. The van der Waals surface area contributed by atoms with Gasteiger partial charge in [-0.05, 0) is 38.3 Å². The van der Waals surface area contributed by atoms with Gasteiger partial charge in [0.1, 0.15) is 17.7 Å². The van der Waals surface area contributed by atoms with Crippen molar-refractivity contribution in [3.8, 4) is 0 Å². The maximum atomic E-state index is 12.7. The molecule has 0 saturated heterocycles. The highest BCUT2D eigenvalue weighted by Crippen LogP contribution is 2.27. The van der Waals surface area contributed by atoms with Crippen LogP contribution < -0.4 is 10.2 Å². The van der Waals surface area contributed by atoms with Crippen LogP contribution in [0.3, 0.4) is 0 Å². The Morgan fingerprint density at radius 2 is 1.92 bits per heavy atom. The quantitative estimate of drug-likeness (QED) is 0.846. The van der Waals surface area contributed by atoms with Gasteiger partial charge in [0.2, 0.25) is 5.91 Å². The van der Waals surface area contributed by atoms with Crippen molar-refractivity contribution < 1.29 is 14.3 Å². The van der Waals surface area contributed by atoms with Gasteiger partial charge in [-0.3, -0.25) is 4.79 Å². The van der Waals surface area contributed by atoms with Gasteiger partial charge in [0.05, 0.1) is 0 Å². The number of hydrogen-bond donors (Lipinski definition) is 1. The van der Waals surface area contributed by atoms with Crippen molar-refractivity contribution in [2.75, 3.05) is 11.9 Å². The van der Waals surface area contributed by atoms with Crippen LogP contribution in [-0.4, -0.2) is 36.6 Å².